The largest absolute Gasteiger partial charge is 0.486 e. The van der Waals surface area contributed by atoms with Crippen LogP contribution >= 0.6 is 22.9 Å². The molecule has 1 aliphatic carbocycles. The van der Waals surface area contributed by atoms with Crippen LogP contribution in [0.3, 0.4) is 0 Å². The van der Waals surface area contributed by atoms with E-state index < -0.39 is 5.54 Å². The molecular formula is C18H19ClN4O2S. The van der Waals surface area contributed by atoms with Crippen molar-refractivity contribution in [3.8, 4) is 5.75 Å². The second-order valence-electron chi connectivity index (χ2n) is 6.53. The van der Waals surface area contributed by atoms with E-state index in [0.717, 1.165) is 42.1 Å². The van der Waals surface area contributed by atoms with Crippen LogP contribution in [0.4, 0.5) is 0 Å². The first kappa shape index (κ1) is 17.5. The molecular weight excluding hydrogens is 372 g/mol. The lowest BCUT2D eigenvalue weighted by Gasteiger charge is -2.17. The van der Waals surface area contributed by atoms with Crippen molar-refractivity contribution in [2.24, 2.45) is 5.73 Å². The molecule has 0 saturated heterocycles. The Kier molecular flexibility index (Phi) is 4.93. The summed E-state index contributed by atoms with van der Waals surface area (Å²) in [5.41, 5.74) is 6.83. The molecule has 4 rings (SSSR count). The Balaban J connectivity index is 1.36. The molecule has 0 amide bonds. The van der Waals surface area contributed by atoms with Crippen LogP contribution in [-0.4, -0.2) is 15.1 Å². The maximum Gasteiger partial charge on any atom is 0.232 e. The molecule has 1 aromatic carbocycles. The van der Waals surface area contributed by atoms with Crippen LogP contribution in [0.1, 0.15) is 48.1 Å². The number of benzene rings is 1. The second kappa shape index (κ2) is 7.34. The monoisotopic (exact) mass is 390 g/mol. The van der Waals surface area contributed by atoms with Crippen molar-refractivity contribution in [3.63, 3.8) is 0 Å². The Morgan fingerprint density at radius 1 is 1.19 bits per heavy atom. The minimum Gasteiger partial charge on any atom is -0.486 e. The van der Waals surface area contributed by atoms with E-state index in [1.165, 1.54) is 0 Å². The summed E-state index contributed by atoms with van der Waals surface area (Å²) in [6.07, 6.45) is 4.55. The van der Waals surface area contributed by atoms with Gasteiger partial charge < -0.3 is 15.0 Å². The summed E-state index contributed by atoms with van der Waals surface area (Å²) in [6, 6.07) is 7.27. The second-order valence-corrected chi connectivity index (χ2v) is 7.91. The molecule has 0 radical (unpaired) electrons. The van der Waals surface area contributed by atoms with Crippen LogP contribution in [0.2, 0.25) is 5.02 Å². The van der Waals surface area contributed by atoms with E-state index in [-0.39, 0.29) is 0 Å². The van der Waals surface area contributed by atoms with Gasteiger partial charge in [-0.3, -0.25) is 0 Å². The first-order valence-electron chi connectivity index (χ1n) is 8.54. The lowest BCUT2D eigenvalue weighted by Crippen LogP contribution is -2.34. The van der Waals surface area contributed by atoms with Crippen LogP contribution in [0.15, 0.2) is 34.2 Å². The van der Waals surface area contributed by atoms with Gasteiger partial charge in [0, 0.05) is 10.4 Å². The van der Waals surface area contributed by atoms with Crippen LogP contribution < -0.4 is 10.5 Å². The molecule has 0 unspecified atom stereocenters. The molecule has 8 heteroatoms. The lowest BCUT2D eigenvalue weighted by atomic mass is 9.99. The Labute approximate surface area is 160 Å². The number of aromatic nitrogens is 3. The molecule has 2 N–H and O–H groups in total. The molecule has 1 saturated carbocycles. The van der Waals surface area contributed by atoms with Gasteiger partial charge in [0.25, 0.3) is 0 Å². The number of hydrogen-bond acceptors (Lipinski definition) is 7. The topological polar surface area (TPSA) is 87.1 Å². The highest BCUT2D eigenvalue weighted by Crippen LogP contribution is 2.34. The van der Waals surface area contributed by atoms with Crippen LogP contribution in [0.25, 0.3) is 0 Å². The summed E-state index contributed by atoms with van der Waals surface area (Å²) >= 11 is 7.41. The van der Waals surface area contributed by atoms with E-state index in [2.05, 4.69) is 15.1 Å². The van der Waals surface area contributed by atoms with Crippen molar-refractivity contribution in [1.29, 1.82) is 0 Å². The Bertz CT molecular complexity index is 871. The molecule has 0 atom stereocenters. The molecule has 0 aliphatic heterocycles. The number of halogens is 1. The maximum absolute atomic E-state index is 6.37. The van der Waals surface area contributed by atoms with E-state index in [4.69, 9.17) is 26.6 Å². The summed E-state index contributed by atoms with van der Waals surface area (Å²) in [5, 5.41) is 7.64. The average molecular weight is 391 g/mol. The zero-order valence-electron chi connectivity index (χ0n) is 14.2. The van der Waals surface area contributed by atoms with E-state index in [9.17, 15) is 0 Å². The van der Waals surface area contributed by atoms with Crippen LogP contribution in [-0.2, 0) is 18.6 Å². The number of hydrogen-bond donors (Lipinski definition) is 1. The summed E-state index contributed by atoms with van der Waals surface area (Å²) in [4.78, 5) is 9.06. The molecule has 0 spiro atoms. The SMILES string of the molecule is NC1(c2noc(Cc3csc(COc4ccc(Cl)cc4)n3)n2)CCCC1. The zero-order chi connectivity index (χ0) is 18.0. The third-order valence-electron chi connectivity index (χ3n) is 4.52. The number of nitrogens with zero attached hydrogens (tertiary/aromatic N) is 3. The van der Waals surface area contributed by atoms with Crippen LogP contribution in [0, 0.1) is 0 Å². The summed E-state index contributed by atoms with van der Waals surface area (Å²) < 4.78 is 11.1. The predicted molar refractivity (Wildman–Crippen MR) is 99.3 cm³/mol. The molecule has 2 aromatic heterocycles. The highest BCUT2D eigenvalue weighted by molar-refractivity contribution is 7.09. The number of thiazole rings is 1. The fourth-order valence-electron chi connectivity index (χ4n) is 3.09. The third-order valence-corrected chi connectivity index (χ3v) is 5.64. The molecule has 2 heterocycles. The van der Waals surface area contributed by atoms with Gasteiger partial charge in [-0.15, -0.1) is 11.3 Å². The number of ether oxygens (including phenoxy) is 1. The molecule has 1 aliphatic rings. The fraction of sp³-hybridized carbons (Fsp3) is 0.389. The van der Waals surface area contributed by atoms with Crippen molar-refractivity contribution in [1.82, 2.24) is 15.1 Å². The van der Waals surface area contributed by atoms with E-state index in [1.807, 2.05) is 17.5 Å². The van der Waals surface area contributed by atoms with Gasteiger partial charge in [-0.05, 0) is 37.1 Å². The van der Waals surface area contributed by atoms with Gasteiger partial charge >= 0.3 is 0 Å². The molecule has 26 heavy (non-hydrogen) atoms. The van der Waals surface area contributed by atoms with Crippen LogP contribution in [0.5, 0.6) is 5.75 Å². The quantitative estimate of drug-likeness (QED) is 0.682. The van der Waals surface area contributed by atoms with Crippen molar-refractivity contribution < 1.29 is 9.26 Å². The predicted octanol–water partition coefficient (Wildman–Crippen LogP) is 4.08. The first-order chi connectivity index (χ1) is 12.6. The molecule has 1 fully saturated rings. The summed E-state index contributed by atoms with van der Waals surface area (Å²) in [5.74, 6) is 1.93. The zero-order valence-corrected chi connectivity index (χ0v) is 15.7. The summed E-state index contributed by atoms with van der Waals surface area (Å²) in [6.45, 7) is 0.410. The van der Waals surface area contributed by atoms with E-state index in [0.29, 0.717) is 29.8 Å². The first-order valence-corrected chi connectivity index (χ1v) is 9.80. The van der Waals surface area contributed by atoms with Gasteiger partial charge in [-0.25, -0.2) is 4.98 Å². The van der Waals surface area contributed by atoms with E-state index >= 15 is 0 Å². The van der Waals surface area contributed by atoms with Gasteiger partial charge in [-0.1, -0.05) is 29.6 Å². The standard InChI is InChI=1S/C18H19ClN4O2S/c19-12-3-5-14(6-4-12)24-10-16-21-13(11-26-16)9-15-22-17(23-25-15)18(20)7-1-2-8-18/h3-6,11H,1-2,7-10,20H2. The third kappa shape index (κ3) is 3.90. The lowest BCUT2D eigenvalue weighted by molar-refractivity contribution is 0.305. The minimum atomic E-state index is -0.429. The van der Waals surface area contributed by atoms with Gasteiger partial charge in [0.05, 0.1) is 17.7 Å². The highest BCUT2D eigenvalue weighted by Gasteiger charge is 2.35. The number of nitrogens with two attached hydrogens (primary N) is 1. The maximum atomic E-state index is 6.37. The van der Waals surface area contributed by atoms with Gasteiger partial charge in [0.1, 0.15) is 17.4 Å². The smallest absolute Gasteiger partial charge is 0.232 e. The molecule has 3 aromatic rings. The van der Waals surface area contributed by atoms with Crippen molar-refractivity contribution in [2.45, 2.75) is 44.2 Å². The van der Waals surface area contributed by atoms with Crippen molar-refractivity contribution in [2.75, 3.05) is 0 Å². The summed E-state index contributed by atoms with van der Waals surface area (Å²) in [7, 11) is 0. The van der Waals surface area contributed by atoms with Gasteiger partial charge in [0.2, 0.25) is 5.89 Å². The highest BCUT2D eigenvalue weighted by atomic mass is 35.5. The molecule has 6 nitrogen and oxygen atoms in total. The van der Waals surface area contributed by atoms with Crippen molar-refractivity contribution >= 4 is 22.9 Å². The minimum absolute atomic E-state index is 0.410. The van der Waals surface area contributed by atoms with E-state index in [1.54, 1.807) is 23.5 Å². The van der Waals surface area contributed by atoms with Gasteiger partial charge in [0.15, 0.2) is 5.82 Å². The molecule has 0 bridgehead atoms. The average Bonchev–Trinajstić information content (AvgIpc) is 3.37. The van der Waals surface area contributed by atoms with Crippen molar-refractivity contribution in [3.05, 3.63) is 57.1 Å². The Morgan fingerprint density at radius 3 is 2.73 bits per heavy atom. The fourth-order valence-corrected chi connectivity index (χ4v) is 3.92. The normalized spacial score (nSPS) is 16.1. The van der Waals surface area contributed by atoms with Gasteiger partial charge in [-0.2, -0.15) is 4.98 Å². The Morgan fingerprint density at radius 2 is 1.96 bits per heavy atom. The Hall–Kier alpha value is -1.96. The molecule has 136 valence electrons. The number of rotatable bonds is 6.